The predicted octanol–water partition coefficient (Wildman–Crippen LogP) is 5.20. The maximum Gasteiger partial charge on any atom is 0.236 e. The average molecular weight is 504 g/mol. The lowest BCUT2D eigenvalue weighted by Crippen LogP contribution is -2.72. The third-order valence-electron chi connectivity index (χ3n) is 6.72. The molecule has 3 aromatic carbocycles. The predicted molar refractivity (Wildman–Crippen MR) is 144 cm³/mol. The van der Waals surface area contributed by atoms with Crippen molar-refractivity contribution >= 4 is 34.6 Å². The number of rotatable bonds is 6. The molecule has 0 aromatic heterocycles. The van der Waals surface area contributed by atoms with Crippen LogP contribution in [0.5, 0.6) is 17.2 Å². The standard InChI is InChI=1S/C28H29N3O4S/c1-5-34-22-8-6-7-21-24-23(26(32)29-18-11-15-20(33-4)16-12-18)28(3,35-25(21)22)31(27(36)30-24)19-13-9-17(2)10-14-19/h6-16,23-24H,5H2,1-4H3,(H,29,32)(H,30,36)/t23-,24-,28-/m0/s1. The summed E-state index contributed by atoms with van der Waals surface area (Å²) in [6, 6.07) is 20.6. The number of carbonyl (C=O) groups excluding carboxylic acids is 1. The summed E-state index contributed by atoms with van der Waals surface area (Å²) in [6.45, 7) is 6.37. The zero-order chi connectivity index (χ0) is 25.4. The van der Waals surface area contributed by atoms with Crippen molar-refractivity contribution in [2.75, 3.05) is 23.9 Å². The van der Waals surface area contributed by atoms with Crippen molar-refractivity contribution in [2.24, 2.45) is 5.92 Å². The highest BCUT2D eigenvalue weighted by molar-refractivity contribution is 7.80. The van der Waals surface area contributed by atoms with Gasteiger partial charge < -0.3 is 24.8 Å². The Labute approximate surface area is 216 Å². The number of hydrogen-bond acceptors (Lipinski definition) is 5. The van der Waals surface area contributed by atoms with Crippen LogP contribution in [0.25, 0.3) is 0 Å². The molecule has 2 aliphatic heterocycles. The lowest BCUT2D eigenvalue weighted by molar-refractivity contribution is -0.130. The maximum absolute atomic E-state index is 13.9. The van der Waals surface area contributed by atoms with Gasteiger partial charge in [-0.1, -0.05) is 29.8 Å². The number of ether oxygens (including phenoxy) is 3. The lowest BCUT2D eigenvalue weighted by Gasteiger charge is -2.56. The molecule has 0 aliphatic carbocycles. The molecule has 2 heterocycles. The van der Waals surface area contributed by atoms with Crippen LogP contribution in [-0.4, -0.2) is 30.5 Å². The van der Waals surface area contributed by atoms with E-state index in [4.69, 9.17) is 26.4 Å². The molecule has 2 bridgehead atoms. The van der Waals surface area contributed by atoms with Gasteiger partial charge in [-0.05, 0) is 75.5 Å². The van der Waals surface area contributed by atoms with Gasteiger partial charge in [0.25, 0.3) is 0 Å². The summed E-state index contributed by atoms with van der Waals surface area (Å²) in [4.78, 5) is 15.8. The molecule has 1 saturated heterocycles. The zero-order valence-electron chi connectivity index (χ0n) is 20.7. The van der Waals surface area contributed by atoms with Gasteiger partial charge in [-0.15, -0.1) is 0 Å². The Balaban J connectivity index is 1.61. The monoisotopic (exact) mass is 503 g/mol. The van der Waals surface area contributed by atoms with Crippen molar-refractivity contribution in [3.63, 3.8) is 0 Å². The van der Waals surface area contributed by atoms with Gasteiger partial charge in [-0.3, -0.25) is 9.69 Å². The minimum atomic E-state index is -1.13. The topological polar surface area (TPSA) is 72.1 Å². The van der Waals surface area contributed by atoms with Crippen LogP contribution in [-0.2, 0) is 4.79 Å². The Bertz CT molecular complexity index is 1300. The Morgan fingerprint density at radius 3 is 2.53 bits per heavy atom. The minimum Gasteiger partial charge on any atom is -0.497 e. The third kappa shape index (κ3) is 4.01. The number of methoxy groups -OCH3 is 1. The zero-order valence-corrected chi connectivity index (χ0v) is 21.5. The van der Waals surface area contributed by atoms with E-state index in [1.54, 1.807) is 7.11 Å². The van der Waals surface area contributed by atoms with Gasteiger partial charge in [0.15, 0.2) is 22.3 Å². The number of aryl methyl sites for hydroxylation is 1. The number of thiocarbonyl (C=S) groups is 1. The average Bonchev–Trinajstić information content (AvgIpc) is 2.86. The van der Waals surface area contributed by atoms with E-state index in [2.05, 4.69) is 10.6 Å². The molecule has 186 valence electrons. The summed E-state index contributed by atoms with van der Waals surface area (Å²) in [5.74, 6) is 1.14. The molecule has 0 spiro atoms. The summed E-state index contributed by atoms with van der Waals surface area (Å²) < 4.78 is 17.9. The SMILES string of the molecule is CCOc1cccc2c1O[C@@]1(C)[C@H](C(=O)Nc3ccc(OC)cc3)[C@H]2NC(=S)N1c1ccc(C)cc1. The summed E-state index contributed by atoms with van der Waals surface area (Å²) in [7, 11) is 1.61. The van der Waals surface area contributed by atoms with Crippen molar-refractivity contribution in [1.29, 1.82) is 0 Å². The smallest absolute Gasteiger partial charge is 0.236 e. The molecule has 8 heteroatoms. The second-order valence-electron chi connectivity index (χ2n) is 9.06. The summed E-state index contributed by atoms with van der Waals surface area (Å²) in [5.41, 5.74) is 2.33. The molecule has 0 saturated carbocycles. The molecule has 1 amide bonds. The van der Waals surface area contributed by atoms with E-state index < -0.39 is 17.7 Å². The Kier molecular flexibility index (Phi) is 6.22. The van der Waals surface area contributed by atoms with Crippen LogP contribution in [0, 0.1) is 12.8 Å². The van der Waals surface area contributed by atoms with Crippen LogP contribution in [0.2, 0.25) is 0 Å². The van der Waals surface area contributed by atoms with E-state index in [0.717, 1.165) is 16.8 Å². The molecule has 2 N–H and O–H groups in total. The lowest BCUT2D eigenvalue weighted by atomic mass is 9.78. The summed E-state index contributed by atoms with van der Waals surface area (Å²) in [5, 5.41) is 7.00. The number of hydrogen-bond donors (Lipinski definition) is 2. The van der Waals surface area contributed by atoms with Crippen molar-refractivity contribution in [1.82, 2.24) is 5.32 Å². The molecule has 0 radical (unpaired) electrons. The van der Waals surface area contributed by atoms with E-state index in [1.807, 2.05) is 92.4 Å². The highest BCUT2D eigenvalue weighted by Gasteiger charge is 2.59. The van der Waals surface area contributed by atoms with Crippen LogP contribution < -0.4 is 29.7 Å². The van der Waals surface area contributed by atoms with Crippen molar-refractivity contribution < 1.29 is 19.0 Å². The van der Waals surface area contributed by atoms with Crippen LogP contribution in [0.1, 0.15) is 31.0 Å². The molecule has 2 aliphatic rings. The number of para-hydroxylation sites is 1. The maximum atomic E-state index is 13.9. The number of nitrogens with zero attached hydrogens (tertiary/aromatic N) is 1. The van der Waals surface area contributed by atoms with Gasteiger partial charge in [0.2, 0.25) is 5.91 Å². The molecule has 1 fully saturated rings. The molecular formula is C28H29N3O4S. The van der Waals surface area contributed by atoms with Gasteiger partial charge in [-0.25, -0.2) is 0 Å². The molecule has 3 aromatic rings. The highest BCUT2D eigenvalue weighted by Crippen LogP contribution is 2.52. The van der Waals surface area contributed by atoms with Crippen molar-refractivity contribution in [2.45, 2.75) is 32.5 Å². The first-order valence-corrected chi connectivity index (χ1v) is 12.3. The van der Waals surface area contributed by atoms with Crippen LogP contribution in [0.3, 0.4) is 0 Å². The number of benzene rings is 3. The van der Waals surface area contributed by atoms with Crippen molar-refractivity contribution in [3.8, 4) is 17.2 Å². The first kappa shape index (κ1) is 23.9. The minimum absolute atomic E-state index is 0.188. The van der Waals surface area contributed by atoms with E-state index in [9.17, 15) is 4.79 Å². The number of fused-ring (bicyclic) bond motifs is 4. The van der Waals surface area contributed by atoms with Gasteiger partial charge in [0.1, 0.15) is 11.7 Å². The fourth-order valence-corrected chi connectivity index (χ4v) is 5.43. The van der Waals surface area contributed by atoms with Crippen molar-refractivity contribution in [3.05, 3.63) is 77.9 Å². The first-order valence-electron chi connectivity index (χ1n) is 11.9. The van der Waals surface area contributed by atoms with E-state index in [-0.39, 0.29) is 5.91 Å². The van der Waals surface area contributed by atoms with Gasteiger partial charge in [0.05, 0.1) is 19.8 Å². The molecular weight excluding hydrogens is 474 g/mol. The molecule has 36 heavy (non-hydrogen) atoms. The van der Waals surface area contributed by atoms with Gasteiger partial charge in [0, 0.05) is 16.9 Å². The fourth-order valence-electron chi connectivity index (χ4n) is 5.02. The Morgan fingerprint density at radius 1 is 1.14 bits per heavy atom. The fraction of sp³-hybridized carbons (Fsp3) is 0.286. The normalized spacial score (nSPS) is 22.1. The molecule has 3 atom stereocenters. The van der Waals surface area contributed by atoms with Gasteiger partial charge >= 0.3 is 0 Å². The second-order valence-corrected chi connectivity index (χ2v) is 9.44. The number of nitrogens with one attached hydrogen (secondary N) is 2. The largest absolute Gasteiger partial charge is 0.497 e. The Hall–Kier alpha value is -3.78. The number of amides is 1. The van der Waals surface area contributed by atoms with E-state index >= 15 is 0 Å². The second kappa shape index (κ2) is 9.35. The van der Waals surface area contributed by atoms with Crippen LogP contribution in [0.15, 0.2) is 66.7 Å². The van der Waals surface area contributed by atoms with E-state index in [1.165, 1.54) is 0 Å². The van der Waals surface area contributed by atoms with E-state index in [0.29, 0.717) is 34.7 Å². The summed E-state index contributed by atoms with van der Waals surface area (Å²) in [6.07, 6.45) is 0. The van der Waals surface area contributed by atoms with Crippen LogP contribution >= 0.6 is 12.2 Å². The van der Waals surface area contributed by atoms with Crippen LogP contribution in [0.4, 0.5) is 11.4 Å². The highest BCUT2D eigenvalue weighted by atomic mass is 32.1. The molecule has 0 unspecified atom stereocenters. The van der Waals surface area contributed by atoms with Gasteiger partial charge in [-0.2, -0.15) is 0 Å². The molecule has 5 rings (SSSR count). The first-order chi connectivity index (χ1) is 17.4. The Morgan fingerprint density at radius 2 is 1.86 bits per heavy atom. The number of carbonyl (C=O) groups is 1. The third-order valence-corrected chi connectivity index (χ3v) is 7.02. The molecule has 7 nitrogen and oxygen atoms in total. The number of anilines is 2. The quantitative estimate of drug-likeness (QED) is 0.448. The summed E-state index contributed by atoms with van der Waals surface area (Å²) >= 11 is 5.84.